The lowest BCUT2D eigenvalue weighted by molar-refractivity contribution is -0.131. The summed E-state index contributed by atoms with van der Waals surface area (Å²) in [5.74, 6) is 0.119. The minimum atomic E-state index is -0.0376. The van der Waals surface area contributed by atoms with Gasteiger partial charge in [0.05, 0.1) is 0 Å². The molecule has 0 spiro atoms. The van der Waals surface area contributed by atoms with Crippen LogP contribution in [0.15, 0.2) is 22.7 Å². The number of carbonyl (C=O) groups excluding carboxylic acids is 2. The van der Waals surface area contributed by atoms with Gasteiger partial charge in [0.25, 0.3) is 0 Å². The molecule has 5 heteroatoms. The Labute approximate surface area is 147 Å². The number of hydrogen-bond acceptors (Lipinski definition) is 2. The molecule has 1 aliphatic rings. The maximum absolute atomic E-state index is 12.4. The predicted octanol–water partition coefficient (Wildman–Crippen LogP) is 3.90. The van der Waals surface area contributed by atoms with Crippen LogP contribution in [-0.4, -0.2) is 36.3 Å². The molecule has 2 rings (SSSR count). The number of amides is 2. The number of aryl methyl sites for hydroxylation is 1. The first kappa shape index (κ1) is 18.0. The van der Waals surface area contributed by atoms with E-state index in [0.717, 1.165) is 41.7 Å². The Morgan fingerprint density at radius 3 is 2.39 bits per heavy atom. The fraction of sp³-hybridized carbons (Fsp3) is 0.556. The predicted molar refractivity (Wildman–Crippen MR) is 96.6 cm³/mol. The van der Waals surface area contributed by atoms with Gasteiger partial charge in [-0.15, -0.1) is 0 Å². The first-order chi connectivity index (χ1) is 11.0. The fourth-order valence-corrected chi connectivity index (χ4v) is 3.27. The zero-order valence-electron chi connectivity index (χ0n) is 14.0. The van der Waals surface area contributed by atoms with Crippen molar-refractivity contribution in [3.05, 3.63) is 28.2 Å². The second-order valence-electron chi connectivity index (χ2n) is 6.15. The van der Waals surface area contributed by atoms with Crippen LogP contribution in [0.25, 0.3) is 0 Å². The summed E-state index contributed by atoms with van der Waals surface area (Å²) in [5, 5.41) is 0. The van der Waals surface area contributed by atoms with Gasteiger partial charge in [-0.25, -0.2) is 0 Å². The largest absolute Gasteiger partial charge is 0.343 e. The van der Waals surface area contributed by atoms with Gasteiger partial charge in [0.1, 0.15) is 0 Å². The highest BCUT2D eigenvalue weighted by Crippen LogP contribution is 2.24. The first-order valence-corrected chi connectivity index (χ1v) is 9.10. The topological polar surface area (TPSA) is 40.6 Å². The van der Waals surface area contributed by atoms with E-state index in [2.05, 4.69) is 15.9 Å². The van der Waals surface area contributed by atoms with E-state index in [4.69, 9.17) is 0 Å². The number of likely N-dealkylation sites (tertiary alicyclic amines) is 1. The quantitative estimate of drug-likeness (QED) is 0.794. The van der Waals surface area contributed by atoms with Gasteiger partial charge >= 0.3 is 0 Å². The van der Waals surface area contributed by atoms with Crippen molar-refractivity contribution in [1.29, 1.82) is 0 Å². The zero-order valence-corrected chi connectivity index (χ0v) is 15.6. The van der Waals surface area contributed by atoms with Crippen LogP contribution in [0.1, 0.15) is 44.6 Å². The highest BCUT2D eigenvalue weighted by atomic mass is 79.9. The van der Waals surface area contributed by atoms with E-state index in [0.29, 0.717) is 13.0 Å². The van der Waals surface area contributed by atoms with E-state index in [1.165, 1.54) is 12.8 Å². The van der Waals surface area contributed by atoms with Crippen molar-refractivity contribution in [3.63, 3.8) is 0 Å². The Kier molecular flexibility index (Phi) is 6.63. The van der Waals surface area contributed by atoms with E-state index < -0.39 is 0 Å². The third-order valence-corrected chi connectivity index (χ3v) is 5.21. The van der Waals surface area contributed by atoms with Gasteiger partial charge in [-0.3, -0.25) is 9.59 Å². The third-order valence-electron chi connectivity index (χ3n) is 4.36. The molecule has 1 saturated heterocycles. The molecule has 4 nitrogen and oxygen atoms in total. The van der Waals surface area contributed by atoms with E-state index >= 15 is 0 Å². The van der Waals surface area contributed by atoms with Crippen molar-refractivity contribution < 1.29 is 9.59 Å². The summed E-state index contributed by atoms with van der Waals surface area (Å²) < 4.78 is 0.972. The normalized spacial score (nSPS) is 15.2. The molecule has 0 aromatic heterocycles. The zero-order chi connectivity index (χ0) is 16.8. The van der Waals surface area contributed by atoms with Gasteiger partial charge in [-0.2, -0.15) is 0 Å². The molecule has 0 saturated carbocycles. The maximum atomic E-state index is 12.4. The van der Waals surface area contributed by atoms with Crippen LogP contribution in [0.2, 0.25) is 0 Å². The standard InChI is InChI=1S/C18H25BrN2O2/c1-14-7-8-16(13-17(14)19)21(15(2)22)12-9-18(23)20-10-5-3-4-6-11-20/h7-8,13H,3-6,9-12H2,1-2H3. The molecule has 1 heterocycles. The maximum Gasteiger partial charge on any atom is 0.224 e. The minimum Gasteiger partial charge on any atom is -0.343 e. The number of nitrogens with zero attached hydrogens (tertiary/aromatic N) is 2. The number of rotatable bonds is 4. The molecule has 0 aliphatic carbocycles. The monoisotopic (exact) mass is 380 g/mol. The van der Waals surface area contributed by atoms with E-state index in [1.807, 2.05) is 30.0 Å². The van der Waals surface area contributed by atoms with Gasteiger partial charge in [-0.1, -0.05) is 34.8 Å². The third kappa shape index (κ3) is 5.06. The lowest BCUT2D eigenvalue weighted by atomic mass is 10.2. The SMILES string of the molecule is CC(=O)N(CCC(=O)N1CCCCCC1)c1ccc(C)c(Br)c1. The van der Waals surface area contributed by atoms with Crippen molar-refractivity contribution in [3.8, 4) is 0 Å². The van der Waals surface area contributed by atoms with E-state index in [-0.39, 0.29) is 11.8 Å². The van der Waals surface area contributed by atoms with Gasteiger partial charge in [-0.05, 0) is 37.5 Å². The molecule has 1 aromatic rings. The average Bonchev–Trinajstić information content (AvgIpc) is 2.79. The van der Waals surface area contributed by atoms with Gasteiger partial charge in [0, 0.05) is 43.1 Å². The van der Waals surface area contributed by atoms with Crippen LogP contribution in [0.3, 0.4) is 0 Å². The molecule has 0 radical (unpaired) electrons. The van der Waals surface area contributed by atoms with Crippen molar-refractivity contribution >= 4 is 33.4 Å². The fourth-order valence-electron chi connectivity index (χ4n) is 2.90. The molecule has 126 valence electrons. The first-order valence-electron chi connectivity index (χ1n) is 8.31. The van der Waals surface area contributed by atoms with Crippen LogP contribution in [0.5, 0.6) is 0 Å². The molecule has 0 unspecified atom stereocenters. The summed E-state index contributed by atoms with van der Waals surface area (Å²) >= 11 is 3.50. The lowest BCUT2D eigenvalue weighted by Crippen LogP contribution is -2.36. The van der Waals surface area contributed by atoms with Gasteiger partial charge < -0.3 is 9.80 Å². The summed E-state index contributed by atoms with van der Waals surface area (Å²) in [4.78, 5) is 28.0. The summed E-state index contributed by atoms with van der Waals surface area (Å²) in [7, 11) is 0. The van der Waals surface area contributed by atoms with Crippen molar-refractivity contribution in [2.24, 2.45) is 0 Å². The molecule has 1 aromatic carbocycles. The average molecular weight is 381 g/mol. The van der Waals surface area contributed by atoms with Crippen LogP contribution in [-0.2, 0) is 9.59 Å². The molecular weight excluding hydrogens is 356 g/mol. The Bertz CT molecular complexity index is 566. The number of hydrogen-bond donors (Lipinski definition) is 0. The molecule has 0 atom stereocenters. The summed E-state index contributed by atoms with van der Waals surface area (Å²) in [6.07, 6.45) is 4.98. The van der Waals surface area contributed by atoms with Crippen LogP contribution in [0.4, 0.5) is 5.69 Å². The number of benzene rings is 1. The summed E-state index contributed by atoms with van der Waals surface area (Å²) in [6.45, 7) is 5.70. The minimum absolute atomic E-state index is 0.0376. The molecule has 23 heavy (non-hydrogen) atoms. The van der Waals surface area contributed by atoms with Crippen LogP contribution >= 0.6 is 15.9 Å². The molecule has 1 aliphatic heterocycles. The smallest absolute Gasteiger partial charge is 0.224 e. The summed E-state index contributed by atoms with van der Waals surface area (Å²) in [6, 6.07) is 5.84. The van der Waals surface area contributed by atoms with Crippen LogP contribution in [0, 0.1) is 6.92 Å². The van der Waals surface area contributed by atoms with Crippen molar-refractivity contribution in [1.82, 2.24) is 4.90 Å². The Hall–Kier alpha value is -1.36. The van der Waals surface area contributed by atoms with Crippen molar-refractivity contribution in [2.45, 2.75) is 46.0 Å². The lowest BCUT2D eigenvalue weighted by Gasteiger charge is -2.25. The Morgan fingerprint density at radius 1 is 1.17 bits per heavy atom. The Morgan fingerprint density at radius 2 is 1.83 bits per heavy atom. The van der Waals surface area contributed by atoms with Gasteiger partial charge in [0.15, 0.2) is 0 Å². The molecule has 2 amide bonds. The van der Waals surface area contributed by atoms with Crippen LogP contribution < -0.4 is 4.90 Å². The molecule has 0 bridgehead atoms. The van der Waals surface area contributed by atoms with E-state index in [9.17, 15) is 9.59 Å². The molecular formula is C18H25BrN2O2. The second-order valence-corrected chi connectivity index (χ2v) is 7.00. The molecule has 1 fully saturated rings. The highest BCUT2D eigenvalue weighted by molar-refractivity contribution is 9.10. The Balaban J connectivity index is 2.00. The van der Waals surface area contributed by atoms with Gasteiger partial charge in [0.2, 0.25) is 11.8 Å². The summed E-state index contributed by atoms with van der Waals surface area (Å²) in [5.41, 5.74) is 1.96. The molecule has 0 N–H and O–H groups in total. The van der Waals surface area contributed by atoms with E-state index in [1.54, 1.807) is 11.8 Å². The van der Waals surface area contributed by atoms with Crippen molar-refractivity contribution in [2.75, 3.05) is 24.5 Å². The number of halogens is 1. The number of anilines is 1. The second kappa shape index (κ2) is 8.48. The number of carbonyl (C=O) groups is 2. The highest BCUT2D eigenvalue weighted by Gasteiger charge is 2.18.